The summed E-state index contributed by atoms with van der Waals surface area (Å²) >= 11 is 0. The van der Waals surface area contributed by atoms with Crippen molar-refractivity contribution in [3.63, 3.8) is 0 Å². The van der Waals surface area contributed by atoms with Gasteiger partial charge in [0.15, 0.2) is 5.71 Å². The number of amides is 1. The Kier molecular flexibility index (Phi) is 7.56. The number of hydrogen-bond acceptors (Lipinski definition) is 6. The molecule has 7 heteroatoms. The molecule has 0 saturated carbocycles. The lowest BCUT2D eigenvalue weighted by atomic mass is 9.98. The van der Waals surface area contributed by atoms with E-state index in [1.807, 2.05) is 50.2 Å². The third kappa shape index (κ3) is 5.09. The zero-order valence-corrected chi connectivity index (χ0v) is 16.8. The minimum Gasteiger partial charge on any atom is -0.479 e. The van der Waals surface area contributed by atoms with Crippen molar-refractivity contribution < 1.29 is 19.2 Å². The number of hydrogen-bond donors (Lipinski definition) is 1. The van der Waals surface area contributed by atoms with Crippen LogP contribution in [-0.4, -0.2) is 38.8 Å². The number of aryl methyl sites for hydroxylation is 2. The van der Waals surface area contributed by atoms with Gasteiger partial charge in [0.05, 0.1) is 7.11 Å². The van der Waals surface area contributed by atoms with E-state index in [9.17, 15) is 4.79 Å². The molecule has 0 aromatic heterocycles. The van der Waals surface area contributed by atoms with Crippen molar-refractivity contribution in [3.05, 3.63) is 70.3 Å². The average Bonchev–Trinajstić information content (AvgIpc) is 2.70. The van der Waals surface area contributed by atoms with Gasteiger partial charge in [0.25, 0.3) is 11.8 Å². The number of nitrogens with one attached hydrogen (secondary N) is 1. The van der Waals surface area contributed by atoms with Crippen LogP contribution in [0.15, 0.2) is 52.8 Å². The molecule has 0 bridgehead atoms. The lowest BCUT2D eigenvalue weighted by molar-refractivity contribution is -0.114. The fourth-order valence-corrected chi connectivity index (χ4v) is 2.68. The minimum absolute atomic E-state index is 0.139. The average molecular weight is 383 g/mol. The standard InChI is InChI=1S/C21H25N3O4/c1-14-8-6-10-16(12-14)21(26-4)24-28-13-18-15(2)9-7-11-17(18)19(23-27-5)20(25)22-3/h6-12H,13H2,1-5H3,(H,22,25)/b23-19+,24-21-. The van der Waals surface area contributed by atoms with Gasteiger partial charge in [-0.05, 0) is 36.7 Å². The van der Waals surface area contributed by atoms with Gasteiger partial charge in [-0.1, -0.05) is 41.1 Å². The van der Waals surface area contributed by atoms with E-state index in [1.165, 1.54) is 14.2 Å². The fraction of sp³-hybridized carbons (Fsp3) is 0.286. The summed E-state index contributed by atoms with van der Waals surface area (Å²) in [5.74, 6) is 0.0189. The van der Waals surface area contributed by atoms with E-state index in [2.05, 4.69) is 15.6 Å². The van der Waals surface area contributed by atoms with E-state index in [0.29, 0.717) is 11.5 Å². The minimum atomic E-state index is -0.352. The van der Waals surface area contributed by atoms with Gasteiger partial charge in [0.2, 0.25) is 0 Å². The summed E-state index contributed by atoms with van der Waals surface area (Å²) in [4.78, 5) is 22.6. The van der Waals surface area contributed by atoms with Crippen LogP contribution in [-0.2, 0) is 25.8 Å². The lowest BCUT2D eigenvalue weighted by Gasteiger charge is -2.13. The highest BCUT2D eigenvalue weighted by molar-refractivity contribution is 6.45. The quantitative estimate of drug-likeness (QED) is 0.453. The van der Waals surface area contributed by atoms with Gasteiger partial charge < -0.3 is 19.7 Å². The highest BCUT2D eigenvalue weighted by Crippen LogP contribution is 2.18. The highest BCUT2D eigenvalue weighted by atomic mass is 16.6. The van der Waals surface area contributed by atoms with Crippen molar-refractivity contribution in [2.45, 2.75) is 20.5 Å². The lowest BCUT2D eigenvalue weighted by Crippen LogP contribution is -2.29. The first kappa shape index (κ1) is 21.0. The number of carbonyl (C=O) groups excluding carboxylic acids is 1. The molecule has 0 fully saturated rings. The fourth-order valence-electron chi connectivity index (χ4n) is 2.68. The van der Waals surface area contributed by atoms with Crippen LogP contribution in [0.3, 0.4) is 0 Å². The first-order valence-electron chi connectivity index (χ1n) is 8.74. The Morgan fingerprint density at radius 3 is 2.46 bits per heavy atom. The summed E-state index contributed by atoms with van der Waals surface area (Å²) < 4.78 is 5.35. The van der Waals surface area contributed by atoms with Crippen LogP contribution < -0.4 is 5.32 Å². The van der Waals surface area contributed by atoms with E-state index in [-0.39, 0.29) is 18.2 Å². The van der Waals surface area contributed by atoms with Gasteiger partial charge >= 0.3 is 0 Å². The summed E-state index contributed by atoms with van der Waals surface area (Å²) in [5, 5.41) is 10.6. The topological polar surface area (TPSA) is 81.5 Å². The number of oxime groups is 2. The van der Waals surface area contributed by atoms with Crippen molar-refractivity contribution in [1.29, 1.82) is 0 Å². The molecule has 2 aromatic rings. The summed E-state index contributed by atoms with van der Waals surface area (Å²) in [5.41, 5.74) is 4.42. The van der Waals surface area contributed by atoms with E-state index < -0.39 is 0 Å². The largest absolute Gasteiger partial charge is 0.479 e. The predicted octanol–water partition coefficient (Wildman–Crippen LogP) is 2.92. The molecule has 0 radical (unpaired) electrons. The second-order valence-corrected chi connectivity index (χ2v) is 6.05. The van der Waals surface area contributed by atoms with Crippen molar-refractivity contribution in [2.75, 3.05) is 21.3 Å². The van der Waals surface area contributed by atoms with E-state index in [0.717, 1.165) is 22.3 Å². The Labute approximate surface area is 165 Å². The third-order valence-electron chi connectivity index (χ3n) is 4.10. The smallest absolute Gasteiger partial charge is 0.273 e. The number of rotatable bonds is 7. The monoisotopic (exact) mass is 383 g/mol. The molecule has 2 aromatic carbocycles. The summed E-state index contributed by atoms with van der Waals surface area (Å²) in [6.07, 6.45) is 0. The summed E-state index contributed by atoms with van der Waals surface area (Å²) in [6.45, 7) is 4.06. The molecule has 0 aliphatic heterocycles. The number of carbonyl (C=O) groups is 1. The molecular formula is C21H25N3O4. The SMILES string of the molecule is CNC(=O)/C(=N/OC)c1cccc(C)c1CO/N=C(\OC)c1cccc(C)c1. The summed E-state index contributed by atoms with van der Waals surface area (Å²) in [7, 11) is 4.47. The van der Waals surface area contributed by atoms with Crippen LogP contribution >= 0.6 is 0 Å². The van der Waals surface area contributed by atoms with Crippen LogP contribution in [0.5, 0.6) is 0 Å². The van der Waals surface area contributed by atoms with Gasteiger partial charge in [-0.15, -0.1) is 0 Å². The normalized spacial score (nSPS) is 11.8. The predicted molar refractivity (Wildman–Crippen MR) is 108 cm³/mol. The Morgan fingerprint density at radius 1 is 1.07 bits per heavy atom. The molecular weight excluding hydrogens is 358 g/mol. The molecule has 148 valence electrons. The Hall–Kier alpha value is -3.35. The van der Waals surface area contributed by atoms with E-state index in [4.69, 9.17) is 14.4 Å². The van der Waals surface area contributed by atoms with E-state index >= 15 is 0 Å². The molecule has 0 atom stereocenters. The first-order chi connectivity index (χ1) is 13.5. The molecule has 28 heavy (non-hydrogen) atoms. The first-order valence-corrected chi connectivity index (χ1v) is 8.74. The van der Waals surface area contributed by atoms with Crippen molar-refractivity contribution in [1.82, 2.24) is 5.32 Å². The van der Waals surface area contributed by atoms with Crippen molar-refractivity contribution in [3.8, 4) is 0 Å². The molecule has 0 saturated heterocycles. The van der Waals surface area contributed by atoms with Gasteiger partial charge in [0, 0.05) is 23.7 Å². The molecule has 0 aliphatic carbocycles. The van der Waals surface area contributed by atoms with Crippen LogP contribution in [0.1, 0.15) is 27.8 Å². The zero-order valence-electron chi connectivity index (χ0n) is 16.8. The van der Waals surface area contributed by atoms with Crippen molar-refractivity contribution >= 4 is 17.5 Å². The van der Waals surface area contributed by atoms with Crippen LogP contribution in [0, 0.1) is 13.8 Å². The number of nitrogens with zero attached hydrogens (tertiary/aromatic N) is 2. The third-order valence-corrected chi connectivity index (χ3v) is 4.10. The Balaban J connectivity index is 2.31. The number of likely N-dealkylation sites (N-methyl/N-ethyl adjacent to an activating group) is 1. The van der Waals surface area contributed by atoms with Crippen LogP contribution in [0.2, 0.25) is 0 Å². The summed E-state index contributed by atoms with van der Waals surface area (Å²) in [6, 6.07) is 13.3. The second kappa shape index (κ2) is 10.1. The van der Waals surface area contributed by atoms with Gasteiger partial charge in [-0.2, -0.15) is 0 Å². The maximum absolute atomic E-state index is 12.2. The van der Waals surface area contributed by atoms with Crippen molar-refractivity contribution in [2.24, 2.45) is 10.3 Å². The molecule has 0 spiro atoms. The van der Waals surface area contributed by atoms with Gasteiger partial charge in [-0.3, -0.25) is 4.79 Å². The molecule has 0 unspecified atom stereocenters. The molecule has 0 heterocycles. The second-order valence-electron chi connectivity index (χ2n) is 6.05. The van der Waals surface area contributed by atoms with Crippen LogP contribution in [0.4, 0.5) is 0 Å². The van der Waals surface area contributed by atoms with E-state index in [1.54, 1.807) is 13.2 Å². The molecule has 1 N–H and O–H groups in total. The maximum atomic E-state index is 12.2. The van der Waals surface area contributed by atoms with Gasteiger partial charge in [0.1, 0.15) is 13.7 Å². The number of benzene rings is 2. The number of methoxy groups -OCH3 is 1. The molecule has 2 rings (SSSR count). The van der Waals surface area contributed by atoms with Crippen LogP contribution in [0.25, 0.3) is 0 Å². The molecule has 7 nitrogen and oxygen atoms in total. The molecule has 0 aliphatic rings. The number of ether oxygens (including phenoxy) is 1. The van der Waals surface area contributed by atoms with Gasteiger partial charge in [-0.25, -0.2) is 0 Å². The highest BCUT2D eigenvalue weighted by Gasteiger charge is 2.19. The zero-order chi connectivity index (χ0) is 20.5. The Morgan fingerprint density at radius 2 is 1.82 bits per heavy atom. The maximum Gasteiger partial charge on any atom is 0.273 e. The Bertz CT molecular complexity index is 891. The molecule has 1 amide bonds.